The number of aromatic nitrogens is 5. The number of nitrogens with zero attached hydrogens (tertiary/aromatic N) is 7. The van der Waals surface area contributed by atoms with Crippen LogP contribution in [0.2, 0.25) is 0 Å². The molecule has 8 nitrogen and oxygen atoms in total. The van der Waals surface area contributed by atoms with Gasteiger partial charge in [0.05, 0.1) is 29.4 Å². The maximum Gasteiger partial charge on any atom is 0.229 e. The van der Waals surface area contributed by atoms with Crippen LogP contribution in [0, 0.1) is 17.2 Å². The highest BCUT2D eigenvalue weighted by Gasteiger charge is 2.29. The maximum atomic E-state index is 12.5. The van der Waals surface area contributed by atoms with Crippen LogP contribution < -0.4 is 0 Å². The first-order valence-electron chi connectivity index (χ1n) is 11.3. The van der Waals surface area contributed by atoms with Crippen LogP contribution >= 0.6 is 0 Å². The van der Waals surface area contributed by atoms with E-state index in [1.165, 1.54) is 0 Å². The number of fused-ring (bicyclic) bond motifs is 1. The monoisotopic (exact) mass is 451 g/mol. The third-order valence-corrected chi connectivity index (χ3v) is 6.53. The molecule has 170 valence electrons. The zero-order valence-electron chi connectivity index (χ0n) is 19.2. The van der Waals surface area contributed by atoms with Crippen molar-refractivity contribution >= 4 is 11.4 Å². The van der Waals surface area contributed by atoms with E-state index < -0.39 is 0 Å². The van der Waals surface area contributed by atoms with Gasteiger partial charge in [-0.2, -0.15) is 15.5 Å². The van der Waals surface area contributed by atoms with Gasteiger partial charge >= 0.3 is 0 Å². The molecule has 2 unspecified atom stereocenters. The quantitative estimate of drug-likeness (QED) is 0.430. The third kappa shape index (κ3) is 3.75. The highest BCUT2D eigenvalue weighted by molar-refractivity contribution is 5.87. The van der Waals surface area contributed by atoms with Crippen molar-refractivity contribution in [3.63, 3.8) is 0 Å². The molecule has 1 amide bonds. The van der Waals surface area contributed by atoms with Crippen molar-refractivity contribution in [2.24, 2.45) is 13.0 Å². The lowest BCUT2D eigenvalue weighted by molar-refractivity contribution is -0.132. The van der Waals surface area contributed by atoms with Crippen molar-refractivity contribution in [1.29, 1.82) is 5.26 Å². The van der Waals surface area contributed by atoms with E-state index in [4.69, 9.17) is 4.98 Å². The number of pyridine rings is 2. The standard InChI is InChI=1S/C26H25N7O/c1-4-17(2)26(34)32-8-7-19(15-32)24-6-5-18(11-28-24)23-9-20(22-13-29-31(3)14-22)16-33-25(23)21(10-27)12-30-33/h4-6,9,11-14,16-17,19H,1,7-8,15H2,2-3H3. The molecule has 0 spiro atoms. The van der Waals surface area contributed by atoms with Gasteiger partial charge in [-0.25, -0.2) is 4.52 Å². The minimum atomic E-state index is -0.173. The lowest BCUT2D eigenvalue weighted by atomic mass is 9.99. The molecule has 1 fully saturated rings. The number of carbonyl (C=O) groups is 1. The van der Waals surface area contributed by atoms with E-state index in [0.29, 0.717) is 12.1 Å². The van der Waals surface area contributed by atoms with E-state index in [0.717, 1.165) is 46.4 Å². The Labute approximate surface area is 197 Å². The van der Waals surface area contributed by atoms with Gasteiger partial charge in [0.1, 0.15) is 6.07 Å². The van der Waals surface area contributed by atoms with Crippen LogP contribution in [0.1, 0.15) is 30.5 Å². The number of carbonyl (C=O) groups excluding carboxylic acids is 1. The summed E-state index contributed by atoms with van der Waals surface area (Å²) >= 11 is 0. The van der Waals surface area contributed by atoms with E-state index in [-0.39, 0.29) is 17.7 Å². The van der Waals surface area contributed by atoms with Gasteiger partial charge in [-0.1, -0.05) is 19.1 Å². The number of amides is 1. The topological polar surface area (TPSA) is 92.1 Å². The molecule has 0 bridgehead atoms. The summed E-state index contributed by atoms with van der Waals surface area (Å²) < 4.78 is 3.50. The average molecular weight is 452 g/mol. The zero-order chi connectivity index (χ0) is 23.8. The fourth-order valence-electron chi connectivity index (χ4n) is 4.55. The molecule has 1 saturated heterocycles. The van der Waals surface area contributed by atoms with Crippen LogP contribution in [-0.2, 0) is 11.8 Å². The lowest BCUT2D eigenvalue weighted by Crippen LogP contribution is -2.32. The van der Waals surface area contributed by atoms with Gasteiger partial charge in [-0.05, 0) is 18.6 Å². The second-order valence-electron chi connectivity index (χ2n) is 8.77. The second-order valence-corrected chi connectivity index (χ2v) is 8.77. The number of aryl methyl sites for hydroxylation is 1. The number of likely N-dealkylation sites (tertiary alicyclic amines) is 1. The van der Waals surface area contributed by atoms with Gasteiger partial charge in [-0.15, -0.1) is 6.58 Å². The Morgan fingerprint density at radius 3 is 2.74 bits per heavy atom. The van der Waals surface area contributed by atoms with Crippen LogP contribution in [0.4, 0.5) is 0 Å². The second kappa shape index (κ2) is 8.60. The van der Waals surface area contributed by atoms with Gasteiger partial charge in [0, 0.05) is 72.6 Å². The van der Waals surface area contributed by atoms with Crippen molar-refractivity contribution < 1.29 is 4.79 Å². The molecule has 0 saturated carbocycles. The SMILES string of the molecule is C=CC(C)C(=O)N1CCC(c2ccc(-c3cc(-c4cnn(C)c4)cn4ncc(C#N)c34)cn2)C1. The molecular weight excluding hydrogens is 426 g/mol. The van der Waals surface area contributed by atoms with Gasteiger partial charge in [0.15, 0.2) is 0 Å². The van der Waals surface area contributed by atoms with Crippen molar-refractivity contribution in [2.75, 3.05) is 13.1 Å². The van der Waals surface area contributed by atoms with Gasteiger partial charge in [0.2, 0.25) is 5.91 Å². The molecular formula is C26H25N7O. The first-order chi connectivity index (χ1) is 16.5. The maximum absolute atomic E-state index is 12.5. The van der Waals surface area contributed by atoms with E-state index >= 15 is 0 Å². The lowest BCUT2D eigenvalue weighted by Gasteiger charge is -2.19. The summed E-state index contributed by atoms with van der Waals surface area (Å²) in [6.45, 7) is 7.02. The fraction of sp³-hybridized carbons (Fsp3) is 0.269. The summed E-state index contributed by atoms with van der Waals surface area (Å²) in [7, 11) is 1.88. The summed E-state index contributed by atoms with van der Waals surface area (Å²) in [5.41, 5.74) is 5.94. The van der Waals surface area contributed by atoms with E-state index in [9.17, 15) is 10.1 Å². The van der Waals surface area contributed by atoms with Crippen LogP contribution in [-0.4, -0.2) is 48.3 Å². The molecule has 0 aliphatic carbocycles. The summed E-state index contributed by atoms with van der Waals surface area (Å²) in [5, 5.41) is 18.3. The highest BCUT2D eigenvalue weighted by Crippen LogP contribution is 2.33. The van der Waals surface area contributed by atoms with Gasteiger partial charge in [-0.3, -0.25) is 14.5 Å². The Balaban J connectivity index is 1.48. The van der Waals surface area contributed by atoms with Gasteiger partial charge < -0.3 is 4.90 Å². The smallest absolute Gasteiger partial charge is 0.229 e. The van der Waals surface area contributed by atoms with E-state index in [1.54, 1.807) is 27.7 Å². The molecule has 34 heavy (non-hydrogen) atoms. The Kier molecular flexibility index (Phi) is 5.46. The Hall–Kier alpha value is -4.25. The first kappa shape index (κ1) is 21.6. The van der Waals surface area contributed by atoms with E-state index in [2.05, 4.69) is 28.9 Å². The fourth-order valence-corrected chi connectivity index (χ4v) is 4.55. The van der Waals surface area contributed by atoms with E-state index in [1.807, 2.05) is 49.6 Å². The minimum Gasteiger partial charge on any atom is -0.342 e. The Bertz CT molecular complexity index is 1420. The zero-order valence-corrected chi connectivity index (χ0v) is 19.2. The summed E-state index contributed by atoms with van der Waals surface area (Å²) in [6.07, 6.45) is 11.7. The first-order valence-corrected chi connectivity index (χ1v) is 11.3. The molecule has 1 aliphatic rings. The van der Waals surface area contributed by atoms with Gasteiger partial charge in [0.25, 0.3) is 0 Å². The minimum absolute atomic E-state index is 0.119. The van der Waals surface area contributed by atoms with Crippen LogP contribution in [0.15, 0.2) is 61.8 Å². The van der Waals surface area contributed by atoms with Crippen molar-refractivity contribution in [2.45, 2.75) is 19.3 Å². The van der Waals surface area contributed by atoms with Crippen LogP contribution in [0.5, 0.6) is 0 Å². The molecule has 4 aromatic rings. The molecule has 5 heterocycles. The highest BCUT2D eigenvalue weighted by atomic mass is 16.2. The third-order valence-electron chi connectivity index (χ3n) is 6.53. The summed E-state index contributed by atoms with van der Waals surface area (Å²) in [4.78, 5) is 19.2. The Morgan fingerprint density at radius 1 is 1.21 bits per heavy atom. The number of hydrogen-bond acceptors (Lipinski definition) is 5. The largest absolute Gasteiger partial charge is 0.342 e. The predicted molar refractivity (Wildman–Crippen MR) is 129 cm³/mol. The molecule has 8 heteroatoms. The molecule has 2 atom stereocenters. The van der Waals surface area contributed by atoms with Crippen molar-refractivity contribution in [1.82, 2.24) is 29.3 Å². The summed E-state index contributed by atoms with van der Waals surface area (Å²) in [5.74, 6) is 0.156. The Morgan fingerprint density at radius 2 is 2.06 bits per heavy atom. The number of hydrogen-bond donors (Lipinski definition) is 0. The number of nitriles is 1. The molecule has 0 aromatic carbocycles. The molecule has 0 radical (unpaired) electrons. The molecule has 5 rings (SSSR count). The number of rotatable bonds is 5. The van der Waals surface area contributed by atoms with Crippen molar-refractivity contribution in [3.8, 4) is 28.3 Å². The normalized spacial score (nSPS) is 16.5. The van der Waals surface area contributed by atoms with Crippen LogP contribution in [0.3, 0.4) is 0 Å². The molecule has 4 aromatic heterocycles. The van der Waals surface area contributed by atoms with Crippen molar-refractivity contribution in [3.05, 3.63) is 73.1 Å². The molecule has 0 N–H and O–H groups in total. The van der Waals surface area contributed by atoms with Crippen LogP contribution in [0.25, 0.3) is 27.8 Å². The predicted octanol–water partition coefficient (Wildman–Crippen LogP) is 3.81. The molecule has 1 aliphatic heterocycles. The average Bonchev–Trinajstić information content (AvgIpc) is 3.62. The summed E-state index contributed by atoms with van der Waals surface area (Å²) in [6, 6.07) is 8.36.